The van der Waals surface area contributed by atoms with Crippen LogP contribution >= 0.6 is 22.9 Å². The SMILES string of the molecule is Cc1ncsc1-c1ccc(CNC(=O)[C@@H]2C[C@@H](O)CN2C(=O)[C@@H](NC(=O)COCCOCC(=O)N(C)c2ccc3ncc(-c4ccccc4Cl)n3c2)C(C)(C)C)cc1. The van der Waals surface area contributed by atoms with Crippen LogP contribution in [-0.4, -0.2) is 106 Å². The molecule has 0 spiro atoms. The molecule has 3 atom stereocenters. The lowest BCUT2D eigenvalue weighted by Gasteiger charge is -2.35. The van der Waals surface area contributed by atoms with Gasteiger partial charge in [-0.3, -0.25) is 23.6 Å². The van der Waals surface area contributed by atoms with E-state index in [-0.39, 0.29) is 57.8 Å². The number of anilines is 1. The second-order valence-corrected chi connectivity index (χ2v) is 16.5. The molecule has 4 heterocycles. The number of likely N-dealkylation sites (tertiary alicyclic amines) is 1. The Kier molecular flexibility index (Phi) is 13.6. The van der Waals surface area contributed by atoms with Crippen molar-refractivity contribution in [3.63, 3.8) is 0 Å². The first kappa shape index (κ1) is 42.4. The molecule has 0 unspecified atom stereocenters. The maximum Gasteiger partial charge on any atom is 0.252 e. The number of fused-ring (bicyclic) bond motifs is 1. The number of aryl methyl sites for hydroxylation is 1. The highest BCUT2D eigenvalue weighted by molar-refractivity contribution is 7.13. The van der Waals surface area contributed by atoms with Crippen molar-refractivity contribution in [1.29, 1.82) is 0 Å². The summed E-state index contributed by atoms with van der Waals surface area (Å²) >= 11 is 7.99. The summed E-state index contributed by atoms with van der Waals surface area (Å²) in [5.74, 6) is -1.69. The molecule has 0 bridgehead atoms. The summed E-state index contributed by atoms with van der Waals surface area (Å²) in [5.41, 5.74) is 6.90. The van der Waals surface area contributed by atoms with Crippen LogP contribution in [0.15, 0.2) is 78.6 Å². The van der Waals surface area contributed by atoms with Crippen LogP contribution in [0.25, 0.3) is 27.3 Å². The number of hydrogen-bond donors (Lipinski definition) is 3. The standard InChI is InChI=1S/C42H48ClN7O7S/c1-26-38(58-25-46-26)28-12-10-27(11-13-28)19-45-40(54)33-18-30(51)22-50(33)41(55)39(42(2,3)4)47-36(52)23-56-16-17-57-24-37(53)48(5)29-14-15-35-44-20-34(49(35)21-29)31-8-6-7-9-32(31)43/h6-15,20-21,25,30,33,39,51H,16-19,22-24H2,1-5H3,(H,45,54)(H,47,52)/t30-,33+,39-/m1/s1. The molecular weight excluding hydrogens is 782 g/mol. The van der Waals surface area contributed by atoms with Crippen molar-refractivity contribution in [3.05, 3.63) is 94.8 Å². The number of thiazole rings is 1. The molecule has 1 aliphatic rings. The van der Waals surface area contributed by atoms with Gasteiger partial charge in [0, 0.05) is 43.3 Å². The van der Waals surface area contributed by atoms with Crippen LogP contribution in [0.2, 0.25) is 5.02 Å². The molecule has 4 amide bonds. The van der Waals surface area contributed by atoms with Crippen LogP contribution in [0.3, 0.4) is 0 Å². The number of aliphatic hydroxyl groups is 1. The Labute approximate surface area is 346 Å². The molecule has 1 saturated heterocycles. The lowest BCUT2D eigenvalue weighted by atomic mass is 9.85. The molecule has 0 saturated carbocycles. The van der Waals surface area contributed by atoms with Crippen molar-refractivity contribution >= 4 is 57.9 Å². The van der Waals surface area contributed by atoms with E-state index in [1.165, 1.54) is 9.80 Å². The topological polar surface area (TPSA) is 168 Å². The number of aromatic nitrogens is 3. The quantitative estimate of drug-likeness (QED) is 0.125. The Morgan fingerprint density at radius 2 is 1.74 bits per heavy atom. The minimum atomic E-state index is -1.00. The van der Waals surface area contributed by atoms with Gasteiger partial charge in [-0.15, -0.1) is 11.3 Å². The summed E-state index contributed by atoms with van der Waals surface area (Å²) in [6.45, 7) is 7.08. The number of nitrogens with zero attached hydrogens (tertiary/aromatic N) is 5. The minimum absolute atomic E-state index is 0.0227. The van der Waals surface area contributed by atoms with Gasteiger partial charge in [-0.25, -0.2) is 9.97 Å². The summed E-state index contributed by atoms with van der Waals surface area (Å²) in [6.07, 6.45) is 2.73. The molecule has 1 aliphatic heterocycles. The number of amides is 4. The molecule has 0 aliphatic carbocycles. The summed E-state index contributed by atoms with van der Waals surface area (Å²) in [7, 11) is 1.65. The predicted molar refractivity (Wildman–Crippen MR) is 222 cm³/mol. The number of nitrogens with one attached hydrogen (secondary N) is 2. The van der Waals surface area contributed by atoms with Crippen molar-refractivity contribution in [1.82, 2.24) is 29.9 Å². The summed E-state index contributed by atoms with van der Waals surface area (Å²) in [6, 6.07) is 17.0. The fraction of sp³-hybridized carbons (Fsp3) is 0.381. The molecule has 306 valence electrons. The first-order chi connectivity index (χ1) is 27.7. The zero-order chi connectivity index (χ0) is 41.6. The van der Waals surface area contributed by atoms with Crippen LogP contribution in [0.5, 0.6) is 0 Å². The molecule has 3 N–H and O–H groups in total. The Bertz CT molecular complexity index is 2250. The molecular formula is C42H48ClN7O7S. The van der Waals surface area contributed by atoms with Crippen molar-refractivity contribution in [2.45, 2.75) is 58.8 Å². The number of pyridine rings is 1. The van der Waals surface area contributed by atoms with Crippen molar-refractivity contribution in [2.75, 3.05) is 44.9 Å². The number of halogens is 1. The van der Waals surface area contributed by atoms with E-state index in [1.807, 2.05) is 86.8 Å². The molecule has 5 aromatic rings. The number of imidazole rings is 1. The van der Waals surface area contributed by atoms with Gasteiger partial charge in [0.25, 0.3) is 5.91 Å². The third-order valence-corrected chi connectivity index (χ3v) is 11.3. The van der Waals surface area contributed by atoms with Crippen molar-refractivity contribution in [2.24, 2.45) is 5.41 Å². The Morgan fingerprint density at radius 3 is 2.43 bits per heavy atom. The van der Waals surface area contributed by atoms with Crippen LogP contribution < -0.4 is 15.5 Å². The van der Waals surface area contributed by atoms with Crippen LogP contribution in [-0.2, 0) is 35.2 Å². The highest BCUT2D eigenvalue weighted by atomic mass is 35.5. The first-order valence-electron chi connectivity index (χ1n) is 18.9. The smallest absolute Gasteiger partial charge is 0.252 e. The van der Waals surface area contributed by atoms with Gasteiger partial charge in [0.1, 0.15) is 30.9 Å². The number of hydrogen-bond acceptors (Lipinski definition) is 10. The summed E-state index contributed by atoms with van der Waals surface area (Å²) in [5, 5.41) is 16.8. The molecule has 0 radical (unpaired) electrons. The van der Waals surface area contributed by atoms with Gasteiger partial charge in [-0.1, -0.05) is 74.8 Å². The Balaban J connectivity index is 0.952. The van der Waals surface area contributed by atoms with Gasteiger partial charge in [0.15, 0.2) is 0 Å². The highest BCUT2D eigenvalue weighted by Gasteiger charge is 2.44. The second-order valence-electron chi connectivity index (χ2n) is 15.2. The van der Waals surface area contributed by atoms with E-state index < -0.39 is 35.4 Å². The number of aliphatic hydroxyl groups excluding tert-OH is 1. The van der Waals surface area contributed by atoms with Gasteiger partial charge >= 0.3 is 0 Å². The molecule has 14 nitrogen and oxygen atoms in total. The number of carbonyl (C=O) groups is 4. The molecule has 2 aromatic carbocycles. The van der Waals surface area contributed by atoms with E-state index in [9.17, 15) is 24.3 Å². The average Bonchev–Trinajstić information content (AvgIpc) is 3.94. The monoisotopic (exact) mass is 829 g/mol. The number of likely N-dealkylation sites (N-methyl/N-ethyl adjacent to an activating group) is 1. The van der Waals surface area contributed by atoms with E-state index in [1.54, 1.807) is 42.2 Å². The van der Waals surface area contributed by atoms with Crippen molar-refractivity contribution in [3.8, 4) is 21.7 Å². The maximum atomic E-state index is 13.9. The number of ether oxygens (including phenoxy) is 2. The molecule has 1 fully saturated rings. The highest BCUT2D eigenvalue weighted by Crippen LogP contribution is 2.30. The summed E-state index contributed by atoms with van der Waals surface area (Å²) < 4.78 is 12.9. The average molecular weight is 830 g/mol. The number of benzene rings is 2. The van der Waals surface area contributed by atoms with Gasteiger partial charge in [-0.2, -0.15) is 0 Å². The van der Waals surface area contributed by atoms with Crippen LogP contribution in [0, 0.1) is 12.3 Å². The van der Waals surface area contributed by atoms with Crippen LogP contribution in [0.4, 0.5) is 5.69 Å². The maximum absolute atomic E-state index is 13.9. The fourth-order valence-electron chi connectivity index (χ4n) is 6.70. The number of carbonyl (C=O) groups excluding carboxylic acids is 4. The Hall–Kier alpha value is -5.19. The van der Waals surface area contributed by atoms with Gasteiger partial charge in [-0.05, 0) is 41.7 Å². The zero-order valence-corrected chi connectivity index (χ0v) is 34.7. The van der Waals surface area contributed by atoms with Gasteiger partial charge < -0.3 is 35.0 Å². The first-order valence-corrected chi connectivity index (χ1v) is 20.2. The summed E-state index contributed by atoms with van der Waals surface area (Å²) in [4.78, 5) is 66.0. The second kappa shape index (κ2) is 18.6. The van der Waals surface area contributed by atoms with Gasteiger partial charge in [0.2, 0.25) is 17.7 Å². The van der Waals surface area contributed by atoms with E-state index in [4.69, 9.17) is 21.1 Å². The predicted octanol–water partition coefficient (Wildman–Crippen LogP) is 4.89. The number of rotatable bonds is 15. The molecule has 58 heavy (non-hydrogen) atoms. The molecule has 16 heteroatoms. The third-order valence-electron chi connectivity index (χ3n) is 9.94. The van der Waals surface area contributed by atoms with E-state index in [0.717, 1.165) is 33.0 Å². The van der Waals surface area contributed by atoms with E-state index in [0.29, 0.717) is 16.4 Å². The zero-order valence-electron chi connectivity index (χ0n) is 33.1. The van der Waals surface area contributed by atoms with E-state index >= 15 is 0 Å². The molecule has 6 rings (SSSR count). The van der Waals surface area contributed by atoms with E-state index in [2.05, 4.69) is 20.6 Å². The van der Waals surface area contributed by atoms with Crippen LogP contribution in [0.1, 0.15) is 38.4 Å². The number of β-amino-alcohol motifs (C(OH)–C–C–N with tert-alkyl or cyclic N) is 1. The van der Waals surface area contributed by atoms with Gasteiger partial charge in [0.05, 0.1) is 53.0 Å². The largest absolute Gasteiger partial charge is 0.391 e. The minimum Gasteiger partial charge on any atom is -0.391 e. The van der Waals surface area contributed by atoms with Crippen molar-refractivity contribution < 1.29 is 33.8 Å². The Morgan fingerprint density at radius 1 is 1.02 bits per heavy atom. The normalized spacial score (nSPS) is 16.0. The third kappa shape index (κ3) is 10.1. The lowest BCUT2D eigenvalue weighted by molar-refractivity contribution is -0.144. The fourth-order valence-corrected chi connectivity index (χ4v) is 7.75. The molecule has 3 aromatic heterocycles. The lowest BCUT2D eigenvalue weighted by Crippen LogP contribution is -2.58.